The second kappa shape index (κ2) is 7.14. The second-order valence-corrected chi connectivity index (χ2v) is 10.2. The van der Waals surface area contributed by atoms with Crippen LogP contribution in [-0.4, -0.2) is 68.0 Å². The van der Waals surface area contributed by atoms with Crippen LogP contribution in [0.25, 0.3) is 0 Å². The first-order chi connectivity index (χ1) is 10.7. The highest BCUT2D eigenvalue weighted by Gasteiger charge is 2.29. The van der Waals surface area contributed by atoms with Gasteiger partial charge in [-0.25, -0.2) is 8.42 Å². The fourth-order valence-electron chi connectivity index (χ4n) is 2.29. The Morgan fingerprint density at radius 3 is 2.35 bits per heavy atom. The first kappa shape index (κ1) is 18.1. The molecule has 0 spiro atoms. The molecule has 7 nitrogen and oxygen atoms in total. The normalized spacial score (nSPS) is 16.5. The molecule has 1 N–H and O–H groups in total. The van der Waals surface area contributed by atoms with Gasteiger partial charge in [-0.3, -0.25) is 10.2 Å². The van der Waals surface area contributed by atoms with E-state index in [4.69, 9.17) is 5.41 Å². The maximum atomic E-state index is 12.1. The van der Waals surface area contributed by atoms with Crippen LogP contribution in [0.5, 0.6) is 0 Å². The van der Waals surface area contributed by atoms with Gasteiger partial charge in [0.15, 0.2) is 0 Å². The Kier molecular flexibility index (Phi) is 5.63. The molecule has 1 amide bonds. The van der Waals surface area contributed by atoms with Crippen LogP contribution in [0.3, 0.4) is 0 Å². The highest BCUT2D eigenvalue weighted by atomic mass is 127. The van der Waals surface area contributed by atoms with E-state index < -0.39 is 7.19 Å². The van der Waals surface area contributed by atoms with Gasteiger partial charge in [0.25, 0.3) is 7.19 Å². The maximum absolute atomic E-state index is 12.1. The maximum Gasteiger partial charge on any atom is 0.268 e. The monoisotopic (exact) mass is 450 g/mol. The van der Waals surface area contributed by atoms with Crippen LogP contribution in [0.4, 0.5) is 0 Å². The molecular weight excluding hydrogens is 431 g/mol. The fraction of sp³-hybridized carbons (Fsp3) is 0.429. The lowest BCUT2D eigenvalue weighted by Crippen LogP contribution is -2.50. The number of piperazine rings is 1. The van der Waals surface area contributed by atoms with E-state index in [0.717, 1.165) is 11.1 Å². The van der Waals surface area contributed by atoms with Gasteiger partial charge in [0.05, 0.1) is 27.8 Å². The van der Waals surface area contributed by atoms with Crippen LogP contribution in [0.15, 0.2) is 24.3 Å². The number of halogens is 1. The summed E-state index contributed by atoms with van der Waals surface area (Å²) in [5.74, 6) is 0.232. The van der Waals surface area contributed by atoms with Gasteiger partial charge < -0.3 is 9.80 Å². The summed E-state index contributed by atoms with van der Waals surface area (Å²) in [5, 5.41) is 7.92. The fourth-order valence-corrected chi connectivity index (χ4v) is 3.86. The van der Waals surface area contributed by atoms with Crippen molar-refractivity contribution in [2.75, 3.05) is 33.7 Å². The summed E-state index contributed by atoms with van der Waals surface area (Å²) in [6.45, 7) is 1.05. The number of nitrogens with zero attached hydrogens (tertiary/aromatic N) is 3. The minimum absolute atomic E-state index is 0.103. The third-order valence-electron chi connectivity index (χ3n) is 3.64. The minimum Gasteiger partial charge on any atom is -0.363 e. The first-order valence-electron chi connectivity index (χ1n) is 7.01. The van der Waals surface area contributed by atoms with E-state index in [-0.39, 0.29) is 12.5 Å². The second-order valence-electron chi connectivity index (χ2n) is 5.53. The molecule has 0 aromatic heterocycles. The van der Waals surface area contributed by atoms with E-state index in [1.807, 2.05) is 38.4 Å². The van der Waals surface area contributed by atoms with Gasteiger partial charge >= 0.3 is 0 Å². The summed E-state index contributed by atoms with van der Waals surface area (Å²) < 4.78 is 24.1. The lowest BCUT2D eigenvalue weighted by molar-refractivity contribution is -0.134. The number of nitrogens with one attached hydrogen (secondary N) is 1. The van der Waals surface area contributed by atoms with E-state index in [0.29, 0.717) is 25.5 Å². The Bertz CT molecular complexity index is 703. The topological polar surface area (TPSA) is 84.8 Å². The molecule has 9 heteroatoms. The van der Waals surface area contributed by atoms with Gasteiger partial charge in [-0.05, 0) is 5.56 Å². The number of hydrogen-bond donors (Lipinski definition) is 1. The smallest absolute Gasteiger partial charge is 0.268 e. The molecule has 1 aliphatic rings. The predicted octanol–water partition coefficient (Wildman–Crippen LogP) is 0.898. The van der Waals surface area contributed by atoms with E-state index >= 15 is 0 Å². The zero-order valence-electron chi connectivity index (χ0n) is 13.0. The lowest BCUT2D eigenvalue weighted by atomic mass is 10.1. The highest BCUT2D eigenvalue weighted by molar-refractivity contribution is 14.2. The molecule has 1 aromatic rings. The first-order valence-corrected chi connectivity index (χ1v) is 11.0. The van der Waals surface area contributed by atoms with Crippen LogP contribution in [0, 0.1) is 5.41 Å². The molecule has 0 radical (unpaired) electrons. The third kappa shape index (κ3) is 4.64. The molecule has 1 saturated heterocycles. The molecule has 1 aromatic carbocycles. The Morgan fingerprint density at radius 2 is 1.87 bits per heavy atom. The summed E-state index contributed by atoms with van der Waals surface area (Å²) in [7, 11) is 0.279. The average Bonchev–Trinajstić information content (AvgIpc) is 2.48. The van der Waals surface area contributed by atoms with Gasteiger partial charge in [-0.2, -0.15) is 4.31 Å². The molecule has 0 atom stereocenters. The molecule has 1 fully saturated rings. The number of hydrogen-bond acceptors (Lipinski definition) is 4. The molecule has 1 aliphatic heterocycles. The zero-order chi connectivity index (χ0) is 17.2. The van der Waals surface area contributed by atoms with Gasteiger partial charge in [-0.1, -0.05) is 24.3 Å². The Labute approximate surface area is 148 Å². The molecule has 23 heavy (non-hydrogen) atoms. The van der Waals surface area contributed by atoms with E-state index in [2.05, 4.69) is 0 Å². The molecular formula is C14H19IN4O3S. The summed E-state index contributed by atoms with van der Waals surface area (Å²) in [6, 6.07) is 7.49. The minimum atomic E-state index is -3.35. The number of amidine groups is 1. The molecule has 2 rings (SSSR count). The largest absolute Gasteiger partial charge is 0.363 e. The van der Waals surface area contributed by atoms with E-state index in [1.165, 1.54) is 25.5 Å². The van der Waals surface area contributed by atoms with Crippen molar-refractivity contribution in [3.8, 4) is 0 Å². The molecule has 1 heterocycles. The number of rotatable bonds is 4. The van der Waals surface area contributed by atoms with Crippen molar-refractivity contribution in [3.05, 3.63) is 35.4 Å². The average molecular weight is 450 g/mol. The van der Waals surface area contributed by atoms with Crippen molar-refractivity contribution >= 4 is 40.1 Å². The standard InChI is InChI=1S/C14H19IN4O3S/c1-17(2)14(16)12-5-3-11(4-6-12)9-18-7-8-19(10-13(18)20)23(15,21)22/h3-6,16H,7-10H2,1-2H3. The number of carbonyl (C=O) groups excluding carboxylic acids is 1. The van der Waals surface area contributed by atoms with Crippen molar-refractivity contribution in [1.29, 1.82) is 5.41 Å². The van der Waals surface area contributed by atoms with Crippen LogP contribution >= 0.6 is 21.2 Å². The Hall–Kier alpha value is -1.20. The van der Waals surface area contributed by atoms with Crippen molar-refractivity contribution in [2.45, 2.75) is 6.54 Å². The van der Waals surface area contributed by atoms with Crippen LogP contribution < -0.4 is 0 Å². The van der Waals surface area contributed by atoms with Crippen molar-refractivity contribution < 1.29 is 13.2 Å². The zero-order valence-corrected chi connectivity index (χ0v) is 16.0. The summed E-state index contributed by atoms with van der Waals surface area (Å²) in [5.41, 5.74) is 1.77. The molecule has 0 aliphatic carbocycles. The van der Waals surface area contributed by atoms with Gasteiger partial charge in [0.1, 0.15) is 5.84 Å². The van der Waals surface area contributed by atoms with Gasteiger partial charge in [0, 0.05) is 39.3 Å². The van der Waals surface area contributed by atoms with Crippen molar-refractivity contribution in [2.24, 2.45) is 0 Å². The molecule has 126 valence electrons. The lowest BCUT2D eigenvalue weighted by Gasteiger charge is -2.32. The third-order valence-corrected chi connectivity index (χ3v) is 6.24. The Morgan fingerprint density at radius 1 is 1.26 bits per heavy atom. The van der Waals surface area contributed by atoms with Crippen LogP contribution in [0.2, 0.25) is 0 Å². The molecule has 0 saturated carbocycles. The summed E-state index contributed by atoms with van der Waals surface area (Å²) in [4.78, 5) is 15.5. The van der Waals surface area contributed by atoms with Crippen LogP contribution in [0.1, 0.15) is 11.1 Å². The predicted molar refractivity (Wildman–Crippen MR) is 96.9 cm³/mol. The quantitative estimate of drug-likeness (QED) is 0.320. The SMILES string of the molecule is CN(C)C(=N)c1ccc(CN2CCN(S(=O)(=O)I)CC2=O)cc1. The molecule has 0 bridgehead atoms. The number of carbonyl (C=O) groups is 1. The van der Waals surface area contributed by atoms with Gasteiger partial charge in [0.2, 0.25) is 5.91 Å². The number of amides is 1. The van der Waals surface area contributed by atoms with Gasteiger partial charge in [-0.15, -0.1) is 0 Å². The van der Waals surface area contributed by atoms with Crippen molar-refractivity contribution in [3.63, 3.8) is 0 Å². The van der Waals surface area contributed by atoms with E-state index in [1.54, 1.807) is 9.80 Å². The van der Waals surface area contributed by atoms with Crippen LogP contribution in [-0.2, 0) is 18.5 Å². The van der Waals surface area contributed by atoms with E-state index in [9.17, 15) is 13.2 Å². The number of benzene rings is 1. The summed E-state index contributed by atoms with van der Waals surface area (Å²) >= 11 is 1.35. The van der Waals surface area contributed by atoms with Crippen molar-refractivity contribution in [1.82, 2.24) is 14.1 Å². The summed E-state index contributed by atoms with van der Waals surface area (Å²) in [6.07, 6.45) is 0. The Balaban J connectivity index is 2.01. The molecule has 0 unspecified atom stereocenters. The highest BCUT2D eigenvalue weighted by Crippen LogP contribution is 2.16.